The minimum atomic E-state index is -4.92. The highest BCUT2D eigenvalue weighted by atomic mass is 32.2. The van der Waals surface area contributed by atoms with E-state index >= 15 is 0 Å². The van der Waals surface area contributed by atoms with Gasteiger partial charge in [-0.2, -0.15) is 0 Å². The first kappa shape index (κ1) is 20.0. The molecule has 3 rings (SSSR count). The van der Waals surface area contributed by atoms with Gasteiger partial charge in [0.1, 0.15) is 12.1 Å². The Hall–Kier alpha value is -2.73. The topological polar surface area (TPSA) is 86.1 Å². The van der Waals surface area contributed by atoms with Crippen LogP contribution in [0.4, 0.5) is 18.9 Å². The van der Waals surface area contributed by atoms with Crippen LogP contribution in [-0.2, 0) is 17.1 Å². The zero-order chi connectivity index (χ0) is 20.4. The van der Waals surface area contributed by atoms with Crippen molar-refractivity contribution in [3.63, 3.8) is 0 Å². The van der Waals surface area contributed by atoms with Gasteiger partial charge in [-0.25, -0.2) is 8.42 Å². The molecule has 28 heavy (non-hydrogen) atoms. The summed E-state index contributed by atoms with van der Waals surface area (Å²) < 4.78 is 70.3. The number of sulfonamides is 1. The van der Waals surface area contributed by atoms with Crippen LogP contribution >= 0.6 is 11.8 Å². The average molecular weight is 430 g/mol. The minimum absolute atomic E-state index is 0.248. The monoisotopic (exact) mass is 430 g/mol. The van der Waals surface area contributed by atoms with Crippen molar-refractivity contribution in [1.29, 1.82) is 0 Å². The lowest BCUT2D eigenvalue weighted by Gasteiger charge is -2.13. The Labute approximate surface area is 162 Å². The summed E-state index contributed by atoms with van der Waals surface area (Å²) in [7, 11) is -2.42. The Morgan fingerprint density at radius 3 is 2.57 bits per heavy atom. The maximum Gasteiger partial charge on any atom is 0.573 e. The van der Waals surface area contributed by atoms with Gasteiger partial charge in [0.25, 0.3) is 10.0 Å². The Morgan fingerprint density at radius 1 is 1.14 bits per heavy atom. The fourth-order valence-electron chi connectivity index (χ4n) is 2.15. The Bertz CT molecular complexity index is 1080. The summed E-state index contributed by atoms with van der Waals surface area (Å²) in [6.45, 7) is 0. The molecule has 0 amide bonds. The normalized spacial score (nSPS) is 12.0. The maximum atomic E-state index is 12.7. The molecule has 0 aliphatic heterocycles. The van der Waals surface area contributed by atoms with E-state index in [1.54, 1.807) is 29.8 Å². The molecular weight excluding hydrogens is 417 g/mol. The van der Waals surface area contributed by atoms with Crippen LogP contribution in [0, 0.1) is 0 Å². The molecule has 7 nitrogen and oxygen atoms in total. The third-order valence-electron chi connectivity index (χ3n) is 3.35. The van der Waals surface area contributed by atoms with Crippen LogP contribution in [0.3, 0.4) is 0 Å². The molecule has 0 radical (unpaired) electrons. The van der Waals surface area contributed by atoms with Gasteiger partial charge >= 0.3 is 6.36 Å². The van der Waals surface area contributed by atoms with Gasteiger partial charge in [-0.15, -0.1) is 23.4 Å². The molecule has 0 atom stereocenters. The molecule has 1 heterocycles. The van der Waals surface area contributed by atoms with Crippen molar-refractivity contribution < 1.29 is 26.3 Å². The van der Waals surface area contributed by atoms with Crippen molar-refractivity contribution in [3.05, 3.63) is 54.9 Å². The molecule has 148 valence electrons. The van der Waals surface area contributed by atoms with Crippen molar-refractivity contribution in [1.82, 2.24) is 14.8 Å². The molecule has 1 aromatic heterocycles. The second kappa shape index (κ2) is 7.72. The van der Waals surface area contributed by atoms with E-state index in [-0.39, 0.29) is 10.6 Å². The summed E-state index contributed by atoms with van der Waals surface area (Å²) in [4.78, 5) is 0.178. The highest BCUT2D eigenvalue weighted by Crippen LogP contribution is 2.33. The van der Waals surface area contributed by atoms with Gasteiger partial charge in [0.2, 0.25) is 0 Å². The van der Waals surface area contributed by atoms with Gasteiger partial charge in [0.15, 0.2) is 5.16 Å². The summed E-state index contributed by atoms with van der Waals surface area (Å²) in [5.74, 6) is -0.628. The third kappa shape index (κ3) is 4.95. The number of rotatable bonds is 6. The van der Waals surface area contributed by atoms with Crippen molar-refractivity contribution in [3.8, 4) is 5.75 Å². The molecule has 0 bridgehead atoms. The molecule has 0 aliphatic rings. The highest BCUT2D eigenvalue weighted by molar-refractivity contribution is 7.99. The lowest BCUT2D eigenvalue weighted by Crippen LogP contribution is -2.18. The van der Waals surface area contributed by atoms with Crippen LogP contribution in [0.5, 0.6) is 5.75 Å². The quantitative estimate of drug-likeness (QED) is 0.642. The predicted molar refractivity (Wildman–Crippen MR) is 95.5 cm³/mol. The molecule has 1 N–H and O–H groups in total. The zero-order valence-corrected chi connectivity index (χ0v) is 15.8. The van der Waals surface area contributed by atoms with Gasteiger partial charge in [-0.1, -0.05) is 18.2 Å². The van der Waals surface area contributed by atoms with E-state index in [0.717, 1.165) is 18.2 Å². The molecule has 0 fully saturated rings. The standard InChI is InChI=1S/C16H13F3N4O3S2/c1-23-10-20-21-15(23)27-14-8-3-2-7-13(14)22-28(24,25)12-6-4-5-11(9-12)26-16(17,18)19/h2-10,22H,1H3. The number of ether oxygens (including phenoxy) is 1. The summed E-state index contributed by atoms with van der Waals surface area (Å²) in [6.07, 6.45) is -3.42. The van der Waals surface area contributed by atoms with Crippen LogP contribution in [-0.4, -0.2) is 29.5 Å². The van der Waals surface area contributed by atoms with Crippen LogP contribution in [0.2, 0.25) is 0 Å². The largest absolute Gasteiger partial charge is 0.573 e. The molecule has 0 saturated carbocycles. The predicted octanol–water partition coefficient (Wildman–Crippen LogP) is 3.67. The van der Waals surface area contributed by atoms with Crippen LogP contribution in [0.25, 0.3) is 0 Å². The first-order chi connectivity index (χ1) is 13.1. The van der Waals surface area contributed by atoms with E-state index in [9.17, 15) is 21.6 Å². The summed E-state index contributed by atoms with van der Waals surface area (Å²) in [5, 5.41) is 8.22. The number of halogens is 3. The van der Waals surface area contributed by atoms with Crippen LogP contribution in [0.1, 0.15) is 0 Å². The van der Waals surface area contributed by atoms with Gasteiger partial charge in [0, 0.05) is 18.0 Å². The maximum absolute atomic E-state index is 12.7. The van der Waals surface area contributed by atoms with E-state index in [2.05, 4.69) is 19.7 Å². The molecule has 12 heteroatoms. The number of benzene rings is 2. The number of hydrogen-bond acceptors (Lipinski definition) is 6. The first-order valence-electron chi connectivity index (χ1n) is 7.63. The summed E-state index contributed by atoms with van der Waals surface area (Å²) in [6, 6.07) is 10.7. The molecule has 2 aromatic carbocycles. The second-order valence-corrected chi connectivity index (χ2v) is 8.14. The van der Waals surface area contributed by atoms with E-state index in [4.69, 9.17) is 0 Å². The van der Waals surface area contributed by atoms with E-state index in [1.165, 1.54) is 30.2 Å². The molecule has 0 saturated heterocycles. The number of anilines is 1. The second-order valence-electron chi connectivity index (χ2n) is 5.45. The van der Waals surface area contributed by atoms with E-state index in [1.807, 2.05) is 0 Å². The average Bonchev–Trinajstić information content (AvgIpc) is 3.00. The fraction of sp³-hybridized carbons (Fsp3) is 0.125. The van der Waals surface area contributed by atoms with Crippen LogP contribution < -0.4 is 9.46 Å². The van der Waals surface area contributed by atoms with Crippen molar-refractivity contribution in [2.45, 2.75) is 21.3 Å². The van der Waals surface area contributed by atoms with Crippen molar-refractivity contribution in [2.24, 2.45) is 7.05 Å². The minimum Gasteiger partial charge on any atom is -0.406 e. The smallest absolute Gasteiger partial charge is 0.406 e. The summed E-state index contributed by atoms with van der Waals surface area (Å²) >= 11 is 1.18. The number of hydrogen-bond donors (Lipinski definition) is 1. The molecule has 0 spiro atoms. The van der Waals surface area contributed by atoms with Crippen molar-refractivity contribution >= 4 is 27.5 Å². The van der Waals surface area contributed by atoms with E-state index < -0.39 is 22.1 Å². The number of nitrogens with one attached hydrogen (secondary N) is 1. The number of aryl methyl sites for hydroxylation is 1. The van der Waals surface area contributed by atoms with Crippen molar-refractivity contribution in [2.75, 3.05) is 4.72 Å². The Balaban J connectivity index is 1.87. The first-order valence-corrected chi connectivity index (χ1v) is 9.93. The van der Waals surface area contributed by atoms with Gasteiger partial charge in [-0.3, -0.25) is 4.72 Å². The number of para-hydroxylation sites is 1. The Morgan fingerprint density at radius 2 is 1.89 bits per heavy atom. The van der Waals surface area contributed by atoms with E-state index in [0.29, 0.717) is 10.1 Å². The lowest BCUT2D eigenvalue weighted by atomic mass is 10.3. The zero-order valence-electron chi connectivity index (χ0n) is 14.2. The molecule has 3 aromatic rings. The third-order valence-corrected chi connectivity index (χ3v) is 5.84. The number of alkyl halides is 3. The van der Waals surface area contributed by atoms with Gasteiger partial charge in [0.05, 0.1) is 10.6 Å². The number of nitrogens with zero attached hydrogens (tertiary/aromatic N) is 3. The van der Waals surface area contributed by atoms with Gasteiger partial charge in [-0.05, 0) is 36.0 Å². The number of aromatic nitrogens is 3. The molecule has 0 aliphatic carbocycles. The fourth-order valence-corrected chi connectivity index (χ4v) is 4.18. The summed E-state index contributed by atoms with van der Waals surface area (Å²) in [5.41, 5.74) is 0.248. The SMILES string of the molecule is Cn1cnnc1Sc1ccccc1NS(=O)(=O)c1cccc(OC(F)(F)F)c1. The lowest BCUT2D eigenvalue weighted by molar-refractivity contribution is -0.274. The molecule has 0 unspecified atom stereocenters. The molecular formula is C16H13F3N4O3S2. The Kier molecular flexibility index (Phi) is 5.52. The van der Waals surface area contributed by atoms with Gasteiger partial charge < -0.3 is 9.30 Å². The highest BCUT2D eigenvalue weighted by Gasteiger charge is 2.31. The van der Waals surface area contributed by atoms with Crippen LogP contribution in [0.15, 0.2) is 69.8 Å².